The Kier molecular flexibility index (Phi) is 8.68. The van der Waals surface area contributed by atoms with Crippen molar-refractivity contribution in [3.63, 3.8) is 0 Å². The average molecular weight is 352 g/mol. The number of benzene rings is 1. The van der Waals surface area contributed by atoms with E-state index in [9.17, 15) is 4.79 Å². The van der Waals surface area contributed by atoms with E-state index in [1.165, 1.54) is 0 Å². The largest absolute Gasteiger partial charge is 0.466 e. The summed E-state index contributed by atoms with van der Waals surface area (Å²) < 4.78 is 5.01. The number of nitrogens with one attached hydrogen (secondary N) is 1. The number of carbonyl (C=O) groups excluding carboxylic acids is 1. The van der Waals surface area contributed by atoms with E-state index < -0.39 is 0 Å². The van der Waals surface area contributed by atoms with Gasteiger partial charge in [0.05, 0.1) is 24.2 Å². The van der Waals surface area contributed by atoms with Gasteiger partial charge in [-0.3, -0.25) is 9.78 Å². The first-order chi connectivity index (χ1) is 11.4. The van der Waals surface area contributed by atoms with E-state index >= 15 is 0 Å². The molecule has 1 aromatic heterocycles. The highest BCUT2D eigenvalue weighted by Gasteiger charge is 2.13. The van der Waals surface area contributed by atoms with Crippen LogP contribution in [0.3, 0.4) is 0 Å². The predicted octanol–water partition coefficient (Wildman–Crippen LogP) is 2.89. The van der Waals surface area contributed by atoms with Crippen molar-refractivity contribution in [1.29, 1.82) is 0 Å². The molecular formula is C18H26ClN3O2. The first-order valence-corrected chi connectivity index (χ1v) is 8.26. The van der Waals surface area contributed by atoms with Crippen LogP contribution in [0.5, 0.6) is 0 Å². The van der Waals surface area contributed by atoms with Gasteiger partial charge in [0.25, 0.3) is 0 Å². The van der Waals surface area contributed by atoms with Crippen LogP contribution in [0.2, 0.25) is 5.02 Å². The molecule has 0 aliphatic rings. The molecule has 0 atom stereocenters. The second kappa shape index (κ2) is 10.2. The summed E-state index contributed by atoms with van der Waals surface area (Å²) in [6, 6.07) is 7.71. The molecule has 5 nitrogen and oxygen atoms in total. The molecule has 1 N–H and O–H groups in total. The molecule has 0 aliphatic carbocycles. The standard InChI is InChI=1S/C16H19ClN2O2.C2H7N/c1-4-21-15(20)9-13-14(17)8-6-11-5-7-12(10-19(2)3)18-16(11)13;1-3-2/h5-8H,4,9-10H2,1-3H3;3H,1-2H3. The number of esters is 1. The fraction of sp³-hybridized carbons (Fsp3) is 0.444. The summed E-state index contributed by atoms with van der Waals surface area (Å²) in [7, 11) is 7.73. The van der Waals surface area contributed by atoms with Gasteiger partial charge in [-0.25, -0.2) is 0 Å². The maximum absolute atomic E-state index is 11.8. The van der Waals surface area contributed by atoms with E-state index in [1.54, 1.807) is 13.0 Å². The second-order valence-electron chi connectivity index (χ2n) is 5.62. The van der Waals surface area contributed by atoms with Gasteiger partial charge >= 0.3 is 5.97 Å². The Balaban J connectivity index is 0.000000891. The van der Waals surface area contributed by atoms with E-state index in [2.05, 4.69) is 10.3 Å². The topological polar surface area (TPSA) is 54.5 Å². The molecule has 0 radical (unpaired) electrons. The van der Waals surface area contributed by atoms with Crippen molar-refractivity contribution in [2.45, 2.75) is 19.9 Å². The number of hydrogen-bond acceptors (Lipinski definition) is 5. The lowest BCUT2D eigenvalue weighted by Crippen LogP contribution is -2.12. The maximum atomic E-state index is 11.8. The first-order valence-electron chi connectivity index (χ1n) is 7.88. The molecule has 0 fully saturated rings. The van der Waals surface area contributed by atoms with Crippen molar-refractivity contribution in [1.82, 2.24) is 15.2 Å². The lowest BCUT2D eigenvalue weighted by molar-refractivity contribution is -0.142. The number of hydrogen-bond donors (Lipinski definition) is 1. The van der Waals surface area contributed by atoms with Gasteiger partial charge in [0, 0.05) is 22.5 Å². The number of pyridine rings is 1. The molecular weight excluding hydrogens is 326 g/mol. The number of rotatable bonds is 5. The van der Waals surface area contributed by atoms with Crippen LogP contribution in [0.4, 0.5) is 0 Å². The Morgan fingerprint density at radius 2 is 1.88 bits per heavy atom. The molecule has 2 rings (SSSR count). The van der Waals surface area contributed by atoms with E-state index in [0.717, 1.165) is 28.7 Å². The molecule has 0 saturated heterocycles. The molecule has 6 heteroatoms. The van der Waals surface area contributed by atoms with Gasteiger partial charge in [0.2, 0.25) is 0 Å². The predicted molar refractivity (Wildman–Crippen MR) is 99.5 cm³/mol. The Bertz CT molecular complexity index is 675. The first kappa shape index (κ1) is 20.4. The minimum absolute atomic E-state index is 0.141. The monoisotopic (exact) mass is 351 g/mol. The Morgan fingerprint density at radius 3 is 2.46 bits per heavy atom. The van der Waals surface area contributed by atoms with E-state index in [0.29, 0.717) is 11.6 Å². The van der Waals surface area contributed by atoms with Crippen molar-refractivity contribution in [3.8, 4) is 0 Å². The number of carbonyl (C=O) groups is 1. The van der Waals surface area contributed by atoms with Crippen molar-refractivity contribution in [2.24, 2.45) is 0 Å². The number of halogens is 1. The van der Waals surface area contributed by atoms with Crippen LogP contribution in [-0.4, -0.2) is 50.7 Å². The Labute approximate surface area is 149 Å². The minimum atomic E-state index is -0.285. The summed E-state index contributed by atoms with van der Waals surface area (Å²) in [5, 5.41) is 4.27. The quantitative estimate of drug-likeness (QED) is 0.839. The number of aromatic nitrogens is 1. The molecule has 0 amide bonds. The Hall–Kier alpha value is -1.69. The molecule has 0 aliphatic heterocycles. The summed E-state index contributed by atoms with van der Waals surface area (Å²) in [5.41, 5.74) is 2.45. The highest BCUT2D eigenvalue weighted by Crippen LogP contribution is 2.26. The van der Waals surface area contributed by atoms with Gasteiger partial charge in [-0.2, -0.15) is 0 Å². The molecule has 0 unspecified atom stereocenters. The van der Waals surface area contributed by atoms with Crippen LogP contribution in [0.15, 0.2) is 24.3 Å². The van der Waals surface area contributed by atoms with Crippen LogP contribution in [-0.2, 0) is 22.5 Å². The number of nitrogens with zero attached hydrogens (tertiary/aromatic N) is 2. The van der Waals surface area contributed by atoms with E-state index in [4.69, 9.17) is 16.3 Å². The molecule has 0 saturated carbocycles. The summed E-state index contributed by atoms with van der Waals surface area (Å²) in [6.45, 7) is 2.89. The molecule has 2 aromatic rings. The van der Waals surface area contributed by atoms with Gasteiger partial charge in [-0.1, -0.05) is 23.7 Å². The normalized spacial score (nSPS) is 10.5. The third-order valence-electron chi connectivity index (χ3n) is 3.07. The van der Waals surface area contributed by atoms with Gasteiger partial charge in [-0.05, 0) is 47.2 Å². The van der Waals surface area contributed by atoms with E-state index in [-0.39, 0.29) is 12.4 Å². The summed E-state index contributed by atoms with van der Waals surface area (Å²) in [5.74, 6) is -0.285. The molecule has 0 spiro atoms. The SMILES string of the molecule is CCOC(=O)Cc1c(Cl)ccc2ccc(CN(C)C)nc12.CNC. The average Bonchev–Trinajstić information content (AvgIpc) is 2.51. The summed E-state index contributed by atoms with van der Waals surface area (Å²) in [4.78, 5) is 18.5. The lowest BCUT2D eigenvalue weighted by atomic mass is 10.1. The zero-order valence-corrected chi connectivity index (χ0v) is 15.8. The minimum Gasteiger partial charge on any atom is -0.466 e. The zero-order chi connectivity index (χ0) is 18.1. The van der Waals surface area contributed by atoms with Crippen LogP contribution >= 0.6 is 11.6 Å². The zero-order valence-electron chi connectivity index (χ0n) is 15.0. The van der Waals surface area contributed by atoms with Crippen molar-refractivity contribution < 1.29 is 9.53 Å². The highest BCUT2D eigenvalue weighted by atomic mass is 35.5. The van der Waals surface area contributed by atoms with Crippen LogP contribution < -0.4 is 5.32 Å². The summed E-state index contributed by atoms with van der Waals surface area (Å²) in [6.07, 6.45) is 0.141. The molecule has 0 bridgehead atoms. The molecule has 1 heterocycles. The van der Waals surface area contributed by atoms with Crippen LogP contribution in [0, 0.1) is 0 Å². The van der Waals surface area contributed by atoms with Gasteiger partial charge in [0.1, 0.15) is 0 Å². The second-order valence-corrected chi connectivity index (χ2v) is 6.03. The fourth-order valence-electron chi connectivity index (χ4n) is 2.20. The van der Waals surface area contributed by atoms with Crippen LogP contribution in [0.25, 0.3) is 10.9 Å². The molecule has 24 heavy (non-hydrogen) atoms. The number of fused-ring (bicyclic) bond motifs is 1. The van der Waals surface area contributed by atoms with Crippen molar-refractivity contribution in [2.75, 3.05) is 34.8 Å². The molecule has 1 aromatic carbocycles. The smallest absolute Gasteiger partial charge is 0.310 e. The molecule has 132 valence electrons. The third kappa shape index (κ3) is 6.07. The van der Waals surface area contributed by atoms with Gasteiger partial charge in [0.15, 0.2) is 0 Å². The van der Waals surface area contributed by atoms with Gasteiger partial charge < -0.3 is 15.0 Å². The Morgan fingerprint density at radius 1 is 1.25 bits per heavy atom. The fourth-order valence-corrected chi connectivity index (χ4v) is 2.42. The van der Waals surface area contributed by atoms with Gasteiger partial charge in [-0.15, -0.1) is 0 Å². The van der Waals surface area contributed by atoms with Crippen molar-refractivity contribution in [3.05, 3.63) is 40.5 Å². The maximum Gasteiger partial charge on any atom is 0.310 e. The number of ether oxygens (including phenoxy) is 1. The summed E-state index contributed by atoms with van der Waals surface area (Å²) >= 11 is 6.25. The van der Waals surface area contributed by atoms with Crippen molar-refractivity contribution >= 4 is 28.5 Å². The third-order valence-corrected chi connectivity index (χ3v) is 3.43. The lowest BCUT2D eigenvalue weighted by Gasteiger charge is -2.12. The van der Waals surface area contributed by atoms with Crippen LogP contribution in [0.1, 0.15) is 18.2 Å². The highest BCUT2D eigenvalue weighted by molar-refractivity contribution is 6.32. The van der Waals surface area contributed by atoms with E-state index in [1.807, 2.05) is 51.3 Å².